The molecule has 0 aromatic heterocycles. The van der Waals surface area contributed by atoms with Crippen LogP contribution in [0.2, 0.25) is 0 Å². The van der Waals surface area contributed by atoms with Crippen LogP contribution >= 0.6 is 0 Å². The molecule has 0 saturated carbocycles. The maximum Gasteiger partial charge on any atom is 0.242 e. The SMILES string of the molecule is Cc1ccc(N2CCC(=O)N2C)cc1. The van der Waals surface area contributed by atoms with Crippen LogP contribution in [0.1, 0.15) is 12.0 Å². The average molecular weight is 190 g/mol. The lowest BCUT2D eigenvalue weighted by molar-refractivity contribution is -0.126. The molecule has 0 spiro atoms. The Morgan fingerprint density at radius 2 is 1.86 bits per heavy atom. The van der Waals surface area contributed by atoms with Gasteiger partial charge in [0.1, 0.15) is 0 Å². The smallest absolute Gasteiger partial charge is 0.242 e. The van der Waals surface area contributed by atoms with Gasteiger partial charge < -0.3 is 0 Å². The van der Waals surface area contributed by atoms with E-state index < -0.39 is 0 Å². The van der Waals surface area contributed by atoms with Crippen molar-refractivity contribution in [3.05, 3.63) is 29.8 Å². The van der Waals surface area contributed by atoms with Gasteiger partial charge in [0.05, 0.1) is 5.69 Å². The third-order valence-electron chi connectivity index (χ3n) is 2.59. The number of carbonyl (C=O) groups is 1. The minimum atomic E-state index is 0.186. The van der Waals surface area contributed by atoms with Gasteiger partial charge in [0.25, 0.3) is 0 Å². The van der Waals surface area contributed by atoms with Crippen molar-refractivity contribution in [2.45, 2.75) is 13.3 Å². The molecule has 3 heteroatoms. The van der Waals surface area contributed by atoms with Gasteiger partial charge in [0.15, 0.2) is 0 Å². The standard InChI is InChI=1S/C11H14N2O/c1-9-3-5-10(6-4-9)13-8-7-11(14)12(13)2/h3-6H,7-8H2,1-2H3. The van der Waals surface area contributed by atoms with Gasteiger partial charge in [-0.25, -0.2) is 0 Å². The maximum atomic E-state index is 11.3. The van der Waals surface area contributed by atoms with E-state index in [1.807, 2.05) is 24.2 Å². The summed E-state index contributed by atoms with van der Waals surface area (Å²) in [4.78, 5) is 11.3. The molecule has 14 heavy (non-hydrogen) atoms. The van der Waals surface area contributed by atoms with Gasteiger partial charge in [-0.2, -0.15) is 0 Å². The molecule has 1 amide bonds. The van der Waals surface area contributed by atoms with Crippen LogP contribution in [0.3, 0.4) is 0 Å². The van der Waals surface area contributed by atoms with Gasteiger partial charge in [0, 0.05) is 20.0 Å². The van der Waals surface area contributed by atoms with E-state index in [0.29, 0.717) is 6.42 Å². The highest BCUT2D eigenvalue weighted by Gasteiger charge is 2.25. The molecule has 0 bridgehead atoms. The second-order valence-electron chi connectivity index (χ2n) is 3.63. The second-order valence-corrected chi connectivity index (χ2v) is 3.63. The predicted molar refractivity (Wildman–Crippen MR) is 55.9 cm³/mol. The zero-order valence-corrected chi connectivity index (χ0v) is 8.53. The van der Waals surface area contributed by atoms with Crippen molar-refractivity contribution < 1.29 is 4.79 Å². The number of nitrogens with zero attached hydrogens (tertiary/aromatic N) is 2. The van der Waals surface area contributed by atoms with Crippen molar-refractivity contribution in [1.29, 1.82) is 0 Å². The zero-order chi connectivity index (χ0) is 10.1. The molecule has 0 radical (unpaired) electrons. The molecular formula is C11H14N2O. The quantitative estimate of drug-likeness (QED) is 0.671. The normalized spacial score (nSPS) is 16.6. The lowest BCUT2D eigenvalue weighted by Crippen LogP contribution is -2.35. The number of hydrazine groups is 1. The summed E-state index contributed by atoms with van der Waals surface area (Å²) in [7, 11) is 1.81. The molecule has 1 saturated heterocycles. The largest absolute Gasteiger partial charge is 0.283 e. The van der Waals surface area contributed by atoms with Gasteiger partial charge in [-0.3, -0.25) is 14.8 Å². The summed E-state index contributed by atoms with van der Waals surface area (Å²) in [5.74, 6) is 0.186. The molecule has 0 N–H and O–H groups in total. The number of anilines is 1. The van der Waals surface area contributed by atoms with Crippen LogP contribution < -0.4 is 5.01 Å². The van der Waals surface area contributed by atoms with E-state index in [9.17, 15) is 4.79 Å². The topological polar surface area (TPSA) is 23.6 Å². The van der Waals surface area contributed by atoms with Crippen LogP contribution in [-0.4, -0.2) is 24.5 Å². The molecule has 0 unspecified atom stereocenters. The monoisotopic (exact) mass is 190 g/mol. The van der Waals surface area contributed by atoms with Crippen molar-refractivity contribution in [3.8, 4) is 0 Å². The minimum Gasteiger partial charge on any atom is -0.283 e. The number of amides is 1. The summed E-state index contributed by atoms with van der Waals surface area (Å²) in [6.07, 6.45) is 0.615. The molecule has 1 aromatic carbocycles. The minimum absolute atomic E-state index is 0.186. The van der Waals surface area contributed by atoms with Gasteiger partial charge in [-0.15, -0.1) is 0 Å². The van der Waals surface area contributed by atoms with E-state index in [4.69, 9.17) is 0 Å². The van der Waals surface area contributed by atoms with Crippen LogP contribution in [0, 0.1) is 6.92 Å². The molecule has 1 aromatic rings. The molecule has 1 fully saturated rings. The van der Waals surface area contributed by atoms with E-state index in [-0.39, 0.29) is 5.91 Å². The van der Waals surface area contributed by atoms with Crippen LogP contribution in [0.15, 0.2) is 24.3 Å². The Kier molecular flexibility index (Phi) is 2.15. The lowest BCUT2D eigenvalue weighted by Gasteiger charge is -2.26. The fourth-order valence-corrected chi connectivity index (χ4v) is 1.67. The first-order valence-corrected chi connectivity index (χ1v) is 4.79. The maximum absolute atomic E-state index is 11.3. The summed E-state index contributed by atoms with van der Waals surface area (Å²) in [6, 6.07) is 8.22. The summed E-state index contributed by atoms with van der Waals surface area (Å²) >= 11 is 0. The average Bonchev–Trinajstić information content (AvgIpc) is 2.50. The fraction of sp³-hybridized carbons (Fsp3) is 0.364. The van der Waals surface area contributed by atoms with Crippen LogP contribution in [0.4, 0.5) is 5.69 Å². The molecule has 1 heterocycles. The number of carbonyl (C=O) groups excluding carboxylic acids is 1. The fourth-order valence-electron chi connectivity index (χ4n) is 1.67. The third-order valence-corrected chi connectivity index (χ3v) is 2.59. The van der Waals surface area contributed by atoms with Crippen LogP contribution in [0.25, 0.3) is 0 Å². The Morgan fingerprint density at radius 3 is 2.36 bits per heavy atom. The summed E-state index contributed by atoms with van der Waals surface area (Å²) < 4.78 is 0. The van der Waals surface area contributed by atoms with Crippen molar-refractivity contribution in [1.82, 2.24) is 5.01 Å². The van der Waals surface area contributed by atoms with Gasteiger partial charge in [-0.1, -0.05) is 17.7 Å². The van der Waals surface area contributed by atoms with Crippen molar-refractivity contribution in [2.24, 2.45) is 0 Å². The molecule has 0 aliphatic carbocycles. The predicted octanol–water partition coefficient (Wildman–Crippen LogP) is 1.58. The second kappa shape index (κ2) is 3.33. The van der Waals surface area contributed by atoms with Crippen molar-refractivity contribution >= 4 is 11.6 Å². The number of hydrogen-bond donors (Lipinski definition) is 0. The number of benzene rings is 1. The molecule has 2 rings (SSSR count). The van der Waals surface area contributed by atoms with Gasteiger partial charge >= 0.3 is 0 Å². The van der Waals surface area contributed by atoms with E-state index in [1.165, 1.54) is 5.56 Å². The highest BCUT2D eigenvalue weighted by atomic mass is 16.2. The third kappa shape index (κ3) is 1.45. The Hall–Kier alpha value is -1.51. The summed E-state index contributed by atoms with van der Waals surface area (Å²) in [5, 5.41) is 3.69. The van der Waals surface area contributed by atoms with E-state index in [2.05, 4.69) is 19.1 Å². The van der Waals surface area contributed by atoms with E-state index >= 15 is 0 Å². The summed E-state index contributed by atoms with van der Waals surface area (Å²) in [5.41, 5.74) is 2.32. The molecule has 0 atom stereocenters. The highest BCUT2D eigenvalue weighted by molar-refractivity contribution is 5.81. The van der Waals surface area contributed by atoms with Gasteiger partial charge in [-0.05, 0) is 19.1 Å². The highest BCUT2D eigenvalue weighted by Crippen LogP contribution is 2.21. The van der Waals surface area contributed by atoms with Crippen molar-refractivity contribution in [3.63, 3.8) is 0 Å². The van der Waals surface area contributed by atoms with Crippen molar-refractivity contribution in [2.75, 3.05) is 18.6 Å². The number of aryl methyl sites for hydroxylation is 1. The molecule has 3 nitrogen and oxygen atoms in total. The van der Waals surface area contributed by atoms with Crippen LogP contribution in [0.5, 0.6) is 0 Å². The number of hydrogen-bond acceptors (Lipinski definition) is 2. The zero-order valence-electron chi connectivity index (χ0n) is 8.53. The summed E-state index contributed by atoms with van der Waals surface area (Å²) in [6.45, 7) is 2.85. The number of rotatable bonds is 1. The van der Waals surface area contributed by atoms with E-state index in [1.54, 1.807) is 5.01 Å². The first-order valence-electron chi connectivity index (χ1n) is 4.79. The Balaban J connectivity index is 2.23. The molecule has 74 valence electrons. The van der Waals surface area contributed by atoms with Gasteiger partial charge in [0.2, 0.25) is 5.91 Å². The Bertz CT molecular complexity index is 345. The Labute approximate surface area is 83.9 Å². The molecular weight excluding hydrogens is 176 g/mol. The lowest BCUT2D eigenvalue weighted by atomic mass is 10.2. The molecule has 1 aliphatic rings. The Morgan fingerprint density at radius 1 is 1.21 bits per heavy atom. The first-order chi connectivity index (χ1) is 6.68. The van der Waals surface area contributed by atoms with E-state index in [0.717, 1.165) is 12.2 Å². The first kappa shape index (κ1) is 9.06. The van der Waals surface area contributed by atoms with Crippen LogP contribution in [-0.2, 0) is 4.79 Å². The molecule has 1 aliphatic heterocycles.